The summed E-state index contributed by atoms with van der Waals surface area (Å²) in [5.74, 6) is -0.250. The molecule has 0 atom stereocenters. The maximum absolute atomic E-state index is 11.9. The van der Waals surface area contributed by atoms with Crippen molar-refractivity contribution < 1.29 is 18.0 Å². The molecular weight excluding hydrogens is 340 g/mol. The predicted molar refractivity (Wildman–Crippen MR) is 94.5 cm³/mol. The molecule has 2 aromatic rings. The molecule has 6 nitrogen and oxygen atoms in total. The monoisotopic (exact) mass is 360 g/mol. The number of nitrogens with two attached hydrogens (primary N) is 1. The third kappa shape index (κ3) is 6.13. The number of hydrogen-bond acceptors (Lipinski definition) is 4. The number of Topliss-reactive ketones (excluding diaryl/α,β-unsaturated/α-hetero) is 1. The molecule has 0 spiro atoms. The van der Waals surface area contributed by atoms with Crippen LogP contribution in [0.1, 0.15) is 28.8 Å². The minimum absolute atomic E-state index is 0.0553. The van der Waals surface area contributed by atoms with Gasteiger partial charge in [-0.05, 0) is 24.1 Å². The van der Waals surface area contributed by atoms with Gasteiger partial charge in [-0.2, -0.15) is 0 Å². The SMILES string of the molecule is NS(=O)(=O)c1ccc(CCNC(=O)CCC(=O)c2ccccc2)cc1. The number of primary sulfonamides is 1. The van der Waals surface area contributed by atoms with Crippen LogP contribution in [-0.2, 0) is 21.2 Å². The molecule has 0 heterocycles. The number of amides is 1. The standard InChI is InChI=1S/C18H20N2O4S/c19-25(23,24)16-8-6-14(7-9-16)12-13-20-18(22)11-10-17(21)15-4-2-1-3-5-15/h1-9H,10-13H2,(H,20,22)(H2,19,23,24). The highest BCUT2D eigenvalue weighted by Gasteiger charge is 2.09. The number of carbonyl (C=O) groups excluding carboxylic acids is 2. The van der Waals surface area contributed by atoms with E-state index < -0.39 is 10.0 Å². The van der Waals surface area contributed by atoms with Gasteiger partial charge in [-0.15, -0.1) is 0 Å². The molecule has 0 fully saturated rings. The molecule has 0 aliphatic heterocycles. The first-order valence-corrected chi connectivity index (χ1v) is 9.37. The molecule has 25 heavy (non-hydrogen) atoms. The molecule has 0 aliphatic rings. The normalized spacial score (nSPS) is 11.1. The maximum Gasteiger partial charge on any atom is 0.238 e. The third-order valence-electron chi connectivity index (χ3n) is 3.66. The highest BCUT2D eigenvalue weighted by molar-refractivity contribution is 7.89. The lowest BCUT2D eigenvalue weighted by molar-refractivity contribution is -0.121. The van der Waals surface area contributed by atoms with Gasteiger partial charge in [-0.3, -0.25) is 9.59 Å². The Kier molecular flexibility index (Phi) is 6.44. The van der Waals surface area contributed by atoms with Crippen LogP contribution in [0, 0.1) is 0 Å². The summed E-state index contributed by atoms with van der Waals surface area (Å²) in [5, 5.41) is 7.78. The lowest BCUT2D eigenvalue weighted by Gasteiger charge is -2.06. The number of sulfonamides is 1. The number of nitrogens with one attached hydrogen (secondary N) is 1. The molecular formula is C18H20N2O4S. The Hall–Kier alpha value is -2.51. The Morgan fingerprint density at radius 2 is 1.56 bits per heavy atom. The van der Waals surface area contributed by atoms with Crippen LogP contribution in [-0.4, -0.2) is 26.7 Å². The van der Waals surface area contributed by atoms with Gasteiger partial charge in [-0.1, -0.05) is 42.5 Å². The average Bonchev–Trinajstić information content (AvgIpc) is 2.60. The summed E-state index contributed by atoms with van der Waals surface area (Å²) in [7, 11) is -3.69. The van der Waals surface area contributed by atoms with Crippen LogP contribution < -0.4 is 10.5 Å². The lowest BCUT2D eigenvalue weighted by Crippen LogP contribution is -2.26. The molecule has 0 aromatic heterocycles. The summed E-state index contributed by atoms with van der Waals surface area (Å²) >= 11 is 0. The van der Waals surface area contributed by atoms with Crippen LogP contribution in [0.2, 0.25) is 0 Å². The molecule has 7 heteroatoms. The Bertz CT molecular complexity index is 831. The highest BCUT2D eigenvalue weighted by Crippen LogP contribution is 2.09. The first-order chi connectivity index (χ1) is 11.9. The molecule has 0 unspecified atom stereocenters. The molecule has 0 bridgehead atoms. The average molecular weight is 360 g/mol. The Morgan fingerprint density at radius 3 is 2.16 bits per heavy atom. The first-order valence-electron chi connectivity index (χ1n) is 7.83. The fourth-order valence-corrected chi connectivity index (χ4v) is 2.79. The molecule has 2 aromatic carbocycles. The molecule has 1 amide bonds. The van der Waals surface area contributed by atoms with Crippen LogP contribution in [0.25, 0.3) is 0 Å². The van der Waals surface area contributed by atoms with Crippen molar-refractivity contribution in [3.8, 4) is 0 Å². The van der Waals surface area contributed by atoms with Crippen LogP contribution in [0.4, 0.5) is 0 Å². The molecule has 0 aliphatic carbocycles. The van der Waals surface area contributed by atoms with Crippen molar-refractivity contribution in [2.45, 2.75) is 24.2 Å². The van der Waals surface area contributed by atoms with Gasteiger partial charge < -0.3 is 5.32 Å². The number of carbonyl (C=O) groups is 2. The fourth-order valence-electron chi connectivity index (χ4n) is 2.28. The number of ketones is 1. The van der Waals surface area contributed by atoms with Crippen molar-refractivity contribution >= 4 is 21.7 Å². The van der Waals surface area contributed by atoms with E-state index in [-0.39, 0.29) is 29.4 Å². The zero-order valence-electron chi connectivity index (χ0n) is 13.6. The van der Waals surface area contributed by atoms with Crippen molar-refractivity contribution in [2.75, 3.05) is 6.54 Å². The Balaban J connectivity index is 1.73. The minimum Gasteiger partial charge on any atom is -0.356 e. The summed E-state index contributed by atoms with van der Waals surface area (Å²) < 4.78 is 22.3. The first kappa shape index (κ1) is 18.8. The van der Waals surface area contributed by atoms with E-state index in [0.29, 0.717) is 18.5 Å². The van der Waals surface area contributed by atoms with Gasteiger partial charge in [0, 0.05) is 24.9 Å². The van der Waals surface area contributed by atoms with E-state index in [1.165, 1.54) is 12.1 Å². The second-order valence-electron chi connectivity index (χ2n) is 5.58. The van der Waals surface area contributed by atoms with Crippen molar-refractivity contribution in [1.82, 2.24) is 5.32 Å². The summed E-state index contributed by atoms with van der Waals surface area (Å²) in [5.41, 5.74) is 1.48. The third-order valence-corrected chi connectivity index (χ3v) is 4.59. The largest absolute Gasteiger partial charge is 0.356 e. The molecule has 2 rings (SSSR count). The maximum atomic E-state index is 11.9. The van der Waals surface area contributed by atoms with E-state index in [4.69, 9.17) is 5.14 Å². The second-order valence-corrected chi connectivity index (χ2v) is 7.14. The Morgan fingerprint density at radius 1 is 0.920 bits per heavy atom. The van der Waals surface area contributed by atoms with E-state index in [1.54, 1.807) is 36.4 Å². The molecule has 0 saturated heterocycles. The number of hydrogen-bond donors (Lipinski definition) is 2. The van der Waals surface area contributed by atoms with Crippen molar-refractivity contribution in [1.29, 1.82) is 0 Å². The van der Waals surface area contributed by atoms with Crippen molar-refractivity contribution in [3.63, 3.8) is 0 Å². The van der Waals surface area contributed by atoms with Crippen LogP contribution in [0.5, 0.6) is 0 Å². The van der Waals surface area contributed by atoms with E-state index in [0.717, 1.165) is 5.56 Å². The van der Waals surface area contributed by atoms with Crippen molar-refractivity contribution in [2.24, 2.45) is 5.14 Å². The summed E-state index contributed by atoms with van der Waals surface area (Å²) in [6.45, 7) is 0.410. The summed E-state index contributed by atoms with van der Waals surface area (Å²) in [6.07, 6.45) is 0.861. The second kappa shape index (κ2) is 8.55. The number of benzene rings is 2. The van der Waals surface area contributed by atoms with Crippen LogP contribution in [0.3, 0.4) is 0 Å². The molecule has 132 valence electrons. The van der Waals surface area contributed by atoms with E-state index >= 15 is 0 Å². The zero-order valence-corrected chi connectivity index (χ0v) is 14.5. The van der Waals surface area contributed by atoms with Crippen molar-refractivity contribution in [3.05, 3.63) is 65.7 Å². The van der Waals surface area contributed by atoms with Gasteiger partial charge >= 0.3 is 0 Å². The summed E-state index contributed by atoms with van der Waals surface area (Å²) in [6, 6.07) is 15.0. The lowest BCUT2D eigenvalue weighted by atomic mass is 10.1. The van der Waals surface area contributed by atoms with E-state index in [2.05, 4.69) is 5.32 Å². The number of rotatable bonds is 8. The smallest absolute Gasteiger partial charge is 0.238 e. The molecule has 3 N–H and O–H groups in total. The van der Waals surface area contributed by atoms with Gasteiger partial charge in [0.1, 0.15) is 0 Å². The van der Waals surface area contributed by atoms with Gasteiger partial charge in [0.05, 0.1) is 4.90 Å². The van der Waals surface area contributed by atoms with Gasteiger partial charge in [0.15, 0.2) is 5.78 Å². The predicted octanol–water partition coefficient (Wildman–Crippen LogP) is 1.66. The molecule has 0 radical (unpaired) electrons. The van der Waals surface area contributed by atoms with Crippen LogP contribution >= 0.6 is 0 Å². The van der Waals surface area contributed by atoms with Gasteiger partial charge in [0.25, 0.3) is 0 Å². The van der Waals surface area contributed by atoms with Gasteiger partial charge in [-0.25, -0.2) is 13.6 Å². The minimum atomic E-state index is -3.69. The summed E-state index contributed by atoms with van der Waals surface area (Å²) in [4.78, 5) is 23.8. The fraction of sp³-hybridized carbons (Fsp3) is 0.222. The molecule has 0 saturated carbocycles. The quantitative estimate of drug-likeness (QED) is 0.698. The Labute approximate surface area is 147 Å². The van der Waals surface area contributed by atoms with E-state index in [1.807, 2.05) is 6.07 Å². The highest BCUT2D eigenvalue weighted by atomic mass is 32.2. The van der Waals surface area contributed by atoms with E-state index in [9.17, 15) is 18.0 Å². The zero-order chi connectivity index (χ0) is 18.3. The van der Waals surface area contributed by atoms with Crippen LogP contribution in [0.15, 0.2) is 59.5 Å². The van der Waals surface area contributed by atoms with Gasteiger partial charge in [0.2, 0.25) is 15.9 Å². The topological polar surface area (TPSA) is 106 Å².